The summed E-state index contributed by atoms with van der Waals surface area (Å²) < 4.78 is 63.9. The molecule has 0 radical (unpaired) electrons. The number of morpholine rings is 1. The molecule has 2 aliphatic heterocycles. The summed E-state index contributed by atoms with van der Waals surface area (Å²) in [5.74, 6) is -5.73. The zero-order valence-electron chi connectivity index (χ0n) is 31.6. The minimum atomic E-state index is -3.16. The van der Waals surface area contributed by atoms with Crippen molar-refractivity contribution >= 4 is 39.4 Å². The van der Waals surface area contributed by atoms with Crippen LogP contribution in [0.1, 0.15) is 39.5 Å². The Labute approximate surface area is 328 Å². The van der Waals surface area contributed by atoms with Crippen molar-refractivity contribution in [2.45, 2.75) is 51.5 Å². The van der Waals surface area contributed by atoms with Gasteiger partial charge in [-0.15, -0.1) is 0 Å². The van der Waals surface area contributed by atoms with Gasteiger partial charge in [0.2, 0.25) is 0 Å². The third-order valence-corrected chi connectivity index (χ3v) is 10.6. The molecule has 1 fully saturated rings. The van der Waals surface area contributed by atoms with Gasteiger partial charge in [-0.3, -0.25) is 24.1 Å². The number of benzene rings is 3. The van der Waals surface area contributed by atoms with E-state index >= 15 is 4.39 Å². The van der Waals surface area contributed by atoms with Crippen LogP contribution in [-0.2, 0) is 41.0 Å². The lowest BCUT2D eigenvalue weighted by atomic mass is 9.98. The van der Waals surface area contributed by atoms with Gasteiger partial charge in [0.15, 0.2) is 0 Å². The van der Waals surface area contributed by atoms with Crippen molar-refractivity contribution in [3.63, 3.8) is 0 Å². The number of esters is 1. The first-order valence-electron chi connectivity index (χ1n) is 18.5. The zero-order chi connectivity index (χ0) is 40.9. The molecule has 298 valence electrons. The highest BCUT2D eigenvalue weighted by atomic mass is 19.3. The van der Waals surface area contributed by atoms with Crippen molar-refractivity contribution < 1.29 is 37.0 Å². The lowest BCUT2D eigenvalue weighted by Gasteiger charge is -2.40. The number of ether oxygens (including phenoxy) is 3. The zero-order valence-corrected chi connectivity index (χ0v) is 31.6. The fraction of sp³-hybridized carbons (Fsp3) is 0.286. The van der Waals surface area contributed by atoms with Crippen LogP contribution in [0, 0.1) is 12.7 Å². The Balaban J connectivity index is 1.16. The highest BCUT2D eigenvalue weighted by Gasteiger charge is 2.41. The average molecular weight is 795 g/mol. The lowest BCUT2D eigenvalue weighted by molar-refractivity contribution is -0.136. The molecule has 1 amide bonds. The smallest absolute Gasteiger partial charge is 0.335 e. The molecule has 58 heavy (non-hydrogen) atoms. The number of alkyl halides is 2. The molecule has 6 aromatic rings. The monoisotopic (exact) mass is 794 g/mol. The Morgan fingerprint density at radius 1 is 1.02 bits per heavy atom. The van der Waals surface area contributed by atoms with E-state index in [1.54, 1.807) is 36.4 Å². The van der Waals surface area contributed by atoms with Crippen LogP contribution in [-0.4, -0.2) is 68.7 Å². The first kappa shape index (κ1) is 38.5. The molecule has 8 rings (SSSR count). The molecule has 13 nitrogen and oxygen atoms in total. The van der Waals surface area contributed by atoms with Crippen molar-refractivity contribution in [3.8, 4) is 11.4 Å². The number of carbonyl (C=O) groups is 2. The molecule has 2 aliphatic rings. The maximum Gasteiger partial charge on any atom is 0.335 e. The summed E-state index contributed by atoms with van der Waals surface area (Å²) in [4.78, 5) is 65.3. The number of nitrogens with one attached hydrogen (secondary N) is 1. The minimum Gasteiger partial charge on any atom is -0.425 e. The van der Waals surface area contributed by atoms with Crippen LogP contribution >= 0.6 is 0 Å². The van der Waals surface area contributed by atoms with Crippen LogP contribution in [0.3, 0.4) is 0 Å². The molecule has 3 aromatic heterocycles. The van der Waals surface area contributed by atoms with Gasteiger partial charge in [-0.2, -0.15) is 0 Å². The van der Waals surface area contributed by atoms with Crippen molar-refractivity contribution in [2.75, 3.05) is 24.7 Å². The number of rotatable bonds is 9. The second-order valence-corrected chi connectivity index (χ2v) is 14.5. The third kappa shape index (κ3) is 7.09. The Bertz CT molecular complexity index is 2730. The van der Waals surface area contributed by atoms with Crippen molar-refractivity contribution in [1.82, 2.24) is 24.4 Å². The summed E-state index contributed by atoms with van der Waals surface area (Å²) in [5.41, 5.74) is 1.80. The number of carbonyl (C=O) groups excluding carboxylic acids is 2. The van der Waals surface area contributed by atoms with Crippen molar-refractivity contribution in [3.05, 3.63) is 134 Å². The number of anilines is 1. The number of amides is 1. The summed E-state index contributed by atoms with van der Waals surface area (Å²) in [5, 5.41) is 3.38. The summed E-state index contributed by atoms with van der Waals surface area (Å²) in [6.07, 6.45) is 4.20. The molecule has 0 saturated carbocycles. The molecule has 0 spiro atoms. The predicted octanol–water partition coefficient (Wildman–Crippen LogP) is 4.92. The predicted molar refractivity (Wildman–Crippen MR) is 207 cm³/mol. The SMILES string of the molecule is Cc1cc(N2CCOC[C@@H]2C(C)(F)F)cc(F)c1C(=O)NC(Cc1ccc(-n2c(=O)c3ccncc3n(C)c2=O)c2ncccc12)C(=O)Oc1ccc2c(c1)COC2. The van der Waals surface area contributed by atoms with E-state index in [1.807, 2.05) is 0 Å². The standard InChI is InChI=1S/C42H37F3N6O7/c1-23-15-27(50-13-14-56-22-35(50)42(2,44)45)18-31(43)36(23)38(52)48-32(40(54)58-28-8-6-25-20-57-21-26(25)16-28)17-24-7-9-33(37-29(24)5-4-11-47-37)51-39(53)30-10-12-46-19-34(30)49(3)41(51)55/h4-12,15-16,18-19,32,35H,13-14,17,20-22H2,1-3H3,(H,48,52)/t32?,35-/m1/s1. The maximum atomic E-state index is 16.0. The number of aryl methyl sites for hydroxylation is 2. The van der Waals surface area contributed by atoms with Gasteiger partial charge in [0.25, 0.3) is 17.4 Å². The number of aromatic nitrogens is 4. The molecule has 1 saturated heterocycles. The van der Waals surface area contributed by atoms with E-state index in [9.17, 15) is 28.0 Å². The van der Waals surface area contributed by atoms with E-state index in [4.69, 9.17) is 14.2 Å². The van der Waals surface area contributed by atoms with E-state index in [1.165, 1.54) is 60.2 Å². The van der Waals surface area contributed by atoms with Crippen LogP contribution in [0.5, 0.6) is 5.75 Å². The largest absolute Gasteiger partial charge is 0.425 e. The van der Waals surface area contributed by atoms with E-state index in [2.05, 4.69) is 15.3 Å². The van der Waals surface area contributed by atoms with Crippen LogP contribution < -0.4 is 26.2 Å². The van der Waals surface area contributed by atoms with Gasteiger partial charge in [-0.05, 0) is 71.6 Å². The number of nitrogens with zero attached hydrogens (tertiary/aromatic N) is 5. The quantitative estimate of drug-likeness (QED) is 0.158. The molecule has 3 aromatic carbocycles. The number of hydrogen-bond acceptors (Lipinski definition) is 10. The molecular weight excluding hydrogens is 757 g/mol. The van der Waals surface area contributed by atoms with Gasteiger partial charge < -0.3 is 24.4 Å². The van der Waals surface area contributed by atoms with Crippen molar-refractivity contribution in [2.24, 2.45) is 7.05 Å². The molecule has 0 bridgehead atoms. The van der Waals surface area contributed by atoms with Crippen LogP contribution in [0.15, 0.2) is 88.8 Å². The highest BCUT2D eigenvalue weighted by Crippen LogP contribution is 2.32. The van der Waals surface area contributed by atoms with Crippen molar-refractivity contribution in [1.29, 1.82) is 0 Å². The summed E-state index contributed by atoms with van der Waals surface area (Å²) in [6.45, 7) is 3.00. The molecule has 2 atom stereocenters. The fourth-order valence-corrected chi connectivity index (χ4v) is 7.64. The fourth-order valence-electron chi connectivity index (χ4n) is 7.64. The van der Waals surface area contributed by atoms with Gasteiger partial charge in [-0.1, -0.05) is 18.2 Å². The Morgan fingerprint density at radius 2 is 1.83 bits per heavy atom. The third-order valence-electron chi connectivity index (χ3n) is 10.6. The Kier molecular flexibility index (Phi) is 10.1. The van der Waals surface area contributed by atoms with Gasteiger partial charge in [0.05, 0.1) is 60.3 Å². The van der Waals surface area contributed by atoms with Gasteiger partial charge in [0, 0.05) is 50.4 Å². The second-order valence-electron chi connectivity index (χ2n) is 14.5. The van der Waals surface area contributed by atoms with Crippen LogP contribution in [0.2, 0.25) is 0 Å². The van der Waals surface area contributed by atoms with E-state index < -0.39 is 46.9 Å². The maximum absolute atomic E-state index is 16.0. The Morgan fingerprint density at radius 3 is 2.62 bits per heavy atom. The summed E-state index contributed by atoms with van der Waals surface area (Å²) in [6, 6.07) is 12.8. The molecule has 0 aliphatic carbocycles. The van der Waals surface area contributed by atoms with Gasteiger partial charge in [0.1, 0.15) is 23.7 Å². The van der Waals surface area contributed by atoms with Crippen LogP contribution in [0.4, 0.5) is 18.9 Å². The second kappa shape index (κ2) is 15.2. The summed E-state index contributed by atoms with van der Waals surface area (Å²) in [7, 11) is 1.53. The highest BCUT2D eigenvalue weighted by molar-refractivity contribution is 5.99. The summed E-state index contributed by atoms with van der Waals surface area (Å²) >= 11 is 0. The lowest BCUT2D eigenvalue weighted by Crippen LogP contribution is -2.54. The molecule has 5 heterocycles. The van der Waals surface area contributed by atoms with Gasteiger partial charge in [-0.25, -0.2) is 27.3 Å². The Hall–Kier alpha value is -6.39. The number of fused-ring (bicyclic) bond motifs is 3. The molecule has 1 N–H and O–H groups in total. The molecular formula is C42H37F3N6O7. The number of halogens is 3. The number of hydrogen-bond donors (Lipinski definition) is 1. The topological polar surface area (TPSA) is 147 Å². The van der Waals surface area contributed by atoms with E-state index in [-0.39, 0.29) is 65.3 Å². The number of pyridine rings is 2. The minimum absolute atomic E-state index is 0.0877. The molecule has 16 heteroatoms. The van der Waals surface area contributed by atoms with Crippen LogP contribution in [0.25, 0.3) is 27.5 Å². The van der Waals surface area contributed by atoms with E-state index in [0.717, 1.165) is 28.7 Å². The van der Waals surface area contributed by atoms with Gasteiger partial charge >= 0.3 is 11.7 Å². The first-order valence-corrected chi connectivity index (χ1v) is 18.5. The first-order chi connectivity index (χ1) is 27.8. The average Bonchev–Trinajstić information content (AvgIpc) is 3.68. The molecule has 1 unspecified atom stereocenters. The van der Waals surface area contributed by atoms with E-state index in [0.29, 0.717) is 29.7 Å². The normalized spacial score (nSPS) is 16.0.